The van der Waals surface area contributed by atoms with Gasteiger partial charge in [0.25, 0.3) is 0 Å². The number of nitrogens with zero attached hydrogens (tertiary/aromatic N) is 1. The van der Waals surface area contributed by atoms with E-state index < -0.39 is 16.0 Å². The number of hydrogen-bond acceptors (Lipinski definition) is 4. The van der Waals surface area contributed by atoms with Gasteiger partial charge in [-0.05, 0) is 31.0 Å². The highest BCUT2D eigenvalue weighted by Gasteiger charge is 2.28. The van der Waals surface area contributed by atoms with Crippen molar-refractivity contribution in [3.63, 3.8) is 0 Å². The molecule has 104 valence electrons. The second-order valence-corrected chi connectivity index (χ2v) is 6.22. The molecule has 1 aliphatic rings. The fourth-order valence-corrected chi connectivity index (χ4v) is 3.64. The van der Waals surface area contributed by atoms with E-state index in [2.05, 4.69) is 0 Å². The fourth-order valence-electron chi connectivity index (χ4n) is 2.09. The number of methoxy groups -OCH3 is 1. The van der Waals surface area contributed by atoms with E-state index in [4.69, 9.17) is 9.84 Å². The monoisotopic (exact) mass is 285 g/mol. The molecule has 1 aromatic rings. The maximum atomic E-state index is 12.3. The van der Waals surface area contributed by atoms with E-state index in [0.717, 1.165) is 18.9 Å². The third kappa shape index (κ3) is 2.57. The van der Waals surface area contributed by atoms with Gasteiger partial charge in [0.2, 0.25) is 10.0 Å². The number of aromatic carboxylic acids is 1. The van der Waals surface area contributed by atoms with Gasteiger partial charge in [0, 0.05) is 13.1 Å². The lowest BCUT2D eigenvalue weighted by molar-refractivity contribution is 0.0693. The Hall–Kier alpha value is -1.60. The molecule has 1 heterocycles. The second-order valence-electron chi connectivity index (χ2n) is 4.28. The largest absolute Gasteiger partial charge is 0.496 e. The minimum Gasteiger partial charge on any atom is -0.496 e. The van der Waals surface area contributed by atoms with E-state index in [1.165, 1.54) is 23.5 Å². The fraction of sp³-hybridized carbons (Fsp3) is 0.417. The van der Waals surface area contributed by atoms with Crippen molar-refractivity contribution in [2.75, 3.05) is 20.2 Å². The van der Waals surface area contributed by atoms with Gasteiger partial charge in [-0.3, -0.25) is 0 Å². The van der Waals surface area contributed by atoms with Crippen molar-refractivity contribution >= 4 is 16.0 Å². The molecule has 0 spiro atoms. The van der Waals surface area contributed by atoms with Crippen LogP contribution in [0.4, 0.5) is 0 Å². The van der Waals surface area contributed by atoms with Crippen molar-refractivity contribution in [2.45, 2.75) is 17.7 Å². The van der Waals surface area contributed by atoms with E-state index in [1.54, 1.807) is 0 Å². The van der Waals surface area contributed by atoms with Crippen LogP contribution in [0.3, 0.4) is 0 Å². The van der Waals surface area contributed by atoms with Crippen molar-refractivity contribution in [1.82, 2.24) is 4.31 Å². The second kappa shape index (κ2) is 5.18. The van der Waals surface area contributed by atoms with Crippen LogP contribution in [0.1, 0.15) is 23.2 Å². The van der Waals surface area contributed by atoms with Crippen molar-refractivity contribution in [2.24, 2.45) is 0 Å². The molecule has 7 heteroatoms. The van der Waals surface area contributed by atoms with Crippen molar-refractivity contribution < 1.29 is 23.1 Å². The summed E-state index contributed by atoms with van der Waals surface area (Å²) in [6.07, 6.45) is 1.67. The molecule has 1 N–H and O–H groups in total. The highest BCUT2D eigenvalue weighted by molar-refractivity contribution is 7.89. The van der Waals surface area contributed by atoms with Gasteiger partial charge in [-0.25, -0.2) is 13.2 Å². The molecule has 1 aliphatic heterocycles. The summed E-state index contributed by atoms with van der Waals surface area (Å²) in [5.41, 5.74) is -0.150. The third-order valence-corrected chi connectivity index (χ3v) is 5.00. The molecule has 6 nitrogen and oxygen atoms in total. The zero-order chi connectivity index (χ0) is 14.0. The Labute approximate surface area is 111 Å². The number of carboxylic acids is 1. The summed E-state index contributed by atoms with van der Waals surface area (Å²) >= 11 is 0. The Morgan fingerprint density at radius 2 is 1.95 bits per heavy atom. The number of hydrogen-bond donors (Lipinski definition) is 1. The molecule has 0 radical (unpaired) electrons. The van der Waals surface area contributed by atoms with Gasteiger partial charge < -0.3 is 9.84 Å². The lowest BCUT2D eigenvalue weighted by Gasteiger charge is -2.16. The first-order chi connectivity index (χ1) is 8.96. The van der Waals surface area contributed by atoms with E-state index in [0.29, 0.717) is 13.1 Å². The quantitative estimate of drug-likeness (QED) is 0.898. The van der Waals surface area contributed by atoms with Crippen LogP contribution in [-0.4, -0.2) is 44.0 Å². The maximum Gasteiger partial charge on any atom is 0.339 e. The average molecular weight is 285 g/mol. The van der Waals surface area contributed by atoms with Crippen molar-refractivity contribution in [3.05, 3.63) is 23.8 Å². The smallest absolute Gasteiger partial charge is 0.339 e. The molecular weight excluding hydrogens is 270 g/mol. The molecule has 2 rings (SSSR count). The zero-order valence-electron chi connectivity index (χ0n) is 10.5. The first-order valence-corrected chi connectivity index (χ1v) is 7.32. The van der Waals surface area contributed by atoms with Gasteiger partial charge >= 0.3 is 5.97 Å². The molecule has 0 amide bonds. The zero-order valence-corrected chi connectivity index (χ0v) is 11.3. The predicted molar refractivity (Wildman–Crippen MR) is 67.9 cm³/mol. The van der Waals surface area contributed by atoms with Crippen LogP contribution >= 0.6 is 0 Å². The third-order valence-electron chi connectivity index (χ3n) is 3.10. The van der Waals surface area contributed by atoms with Crippen LogP contribution < -0.4 is 4.74 Å². The first kappa shape index (κ1) is 13.8. The molecule has 1 aromatic carbocycles. The number of carbonyl (C=O) groups is 1. The molecular formula is C12H15NO5S. The molecule has 0 aliphatic carbocycles. The molecule has 0 bridgehead atoms. The predicted octanol–water partition coefficient (Wildman–Crippen LogP) is 1.18. The topological polar surface area (TPSA) is 83.9 Å². The average Bonchev–Trinajstić information content (AvgIpc) is 2.92. The Morgan fingerprint density at radius 3 is 2.47 bits per heavy atom. The van der Waals surface area contributed by atoms with E-state index in [9.17, 15) is 13.2 Å². The Bertz CT molecular complexity index is 590. The summed E-state index contributed by atoms with van der Waals surface area (Å²) in [6, 6.07) is 3.89. The van der Waals surface area contributed by atoms with Gasteiger partial charge in [0.15, 0.2) is 0 Å². The van der Waals surface area contributed by atoms with Crippen LogP contribution in [0, 0.1) is 0 Å². The number of benzene rings is 1. The van der Waals surface area contributed by atoms with Crippen LogP contribution in [0.2, 0.25) is 0 Å². The standard InChI is InChI=1S/C12H15NO5S/c1-18-11-5-4-9(8-10(11)12(14)15)19(16,17)13-6-2-3-7-13/h4-5,8H,2-3,6-7H2,1H3,(H,14,15). The Balaban J connectivity index is 2.45. The lowest BCUT2D eigenvalue weighted by atomic mass is 10.2. The number of ether oxygens (including phenoxy) is 1. The number of rotatable bonds is 4. The van der Waals surface area contributed by atoms with Gasteiger partial charge in [-0.1, -0.05) is 0 Å². The van der Waals surface area contributed by atoms with Gasteiger partial charge in [-0.15, -0.1) is 0 Å². The summed E-state index contributed by atoms with van der Waals surface area (Å²) in [4.78, 5) is 11.1. The molecule has 0 aromatic heterocycles. The van der Waals surface area contributed by atoms with Crippen LogP contribution in [0.5, 0.6) is 5.75 Å². The van der Waals surface area contributed by atoms with Crippen LogP contribution in [-0.2, 0) is 10.0 Å². The number of sulfonamides is 1. The Morgan fingerprint density at radius 1 is 1.32 bits per heavy atom. The van der Waals surface area contributed by atoms with Gasteiger partial charge in [0.05, 0.1) is 12.0 Å². The minimum absolute atomic E-state index is 0.00685. The van der Waals surface area contributed by atoms with E-state index in [1.807, 2.05) is 0 Å². The molecule has 19 heavy (non-hydrogen) atoms. The van der Waals surface area contributed by atoms with E-state index in [-0.39, 0.29) is 16.2 Å². The van der Waals surface area contributed by atoms with Crippen LogP contribution in [0.15, 0.2) is 23.1 Å². The summed E-state index contributed by atoms with van der Waals surface area (Å²) in [6.45, 7) is 0.966. The normalized spacial score (nSPS) is 16.5. The molecule has 0 saturated carbocycles. The Kier molecular flexibility index (Phi) is 3.77. The highest BCUT2D eigenvalue weighted by atomic mass is 32.2. The first-order valence-electron chi connectivity index (χ1n) is 5.88. The minimum atomic E-state index is -3.61. The van der Waals surface area contributed by atoms with Crippen LogP contribution in [0.25, 0.3) is 0 Å². The molecule has 0 unspecified atom stereocenters. The molecule has 1 fully saturated rings. The van der Waals surface area contributed by atoms with Crippen molar-refractivity contribution in [1.29, 1.82) is 0 Å². The summed E-state index contributed by atoms with van der Waals surface area (Å²) in [5, 5.41) is 9.06. The molecule has 0 atom stereocenters. The maximum absolute atomic E-state index is 12.3. The SMILES string of the molecule is COc1ccc(S(=O)(=O)N2CCCC2)cc1C(=O)O. The highest BCUT2D eigenvalue weighted by Crippen LogP contribution is 2.26. The number of carboxylic acid groups (broad SMARTS) is 1. The van der Waals surface area contributed by atoms with Gasteiger partial charge in [-0.2, -0.15) is 4.31 Å². The van der Waals surface area contributed by atoms with Crippen molar-refractivity contribution in [3.8, 4) is 5.75 Å². The molecule has 1 saturated heterocycles. The van der Waals surface area contributed by atoms with Gasteiger partial charge in [0.1, 0.15) is 11.3 Å². The lowest BCUT2D eigenvalue weighted by Crippen LogP contribution is -2.28. The van der Waals surface area contributed by atoms with E-state index >= 15 is 0 Å². The summed E-state index contributed by atoms with van der Waals surface area (Å²) < 4.78 is 30.9. The summed E-state index contributed by atoms with van der Waals surface area (Å²) in [5.74, 6) is -1.07. The summed E-state index contributed by atoms with van der Waals surface area (Å²) in [7, 11) is -2.26.